The maximum absolute atomic E-state index is 12.1. The highest BCUT2D eigenvalue weighted by Crippen LogP contribution is 2.28. The van der Waals surface area contributed by atoms with E-state index in [1.54, 1.807) is 7.11 Å². The number of nitrogens with one attached hydrogen (secondary N) is 1. The number of halogens is 2. The average molecular weight is 406 g/mol. The Morgan fingerprint density at radius 2 is 1.89 bits per heavy atom. The first kappa shape index (κ1) is 19.7. The first-order valence-corrected chi connectivity index (χ1v) is 9.48. The van der Waals surface area contributed by atoms with Crippen molar-refractivity contribution in [3.05, 3.63) is 63.9 Å². The molecule has 3 aromatic rings. The van der Waals surface area contributed by atoms with Crippen LogP contribution in [0.4, 0.5) is 0 Å². The predicted molar refractivity (Wildman–Crippen MR) is 109 cm³/mol. The lowest BCUT2D eigenvalue weighted by Crippen LogP contribution is -2.27. The third-order valence-electron chi connectivity index (χ3n) is 4.32. The van der Waals surface area contributed by atoms with Gasteiger partial charge in [-0.25, -0.2) is 4.98 Å². The van der Waals surface area contributed by atoms with E-state index in [9.17, 15) is 4.79 Å². The zero-order valence-corrected chi connectivity index (χ0v) is 16.6. The Hall–Kier alpha value is -2.08. The van der Waals surface area contributed by atoms with Crippen LogP contribution >= 0.6 is 23.2 Å². The molecule has 3 rings (SSSR count). The molecular weight excluding hydrogens is 385 g/mol. The molecule has 1 heterocycles. The van der Waals surface area contributed by atoms with Gasteiger partial charge in [0.2, 0.25) is 5.91 Å². The van der Waals surface area contributed by atoms with Crippen molar-refractivity contribution < 1.29 is 9.53 Å². The molecule has 0 fully saturated rings. The second-order valence-electron chi connectivity index (χ2n) is 6.14. The van der Waals surface area contributed by atoms with Crippen LogP contribution in [-0.2, 0) is 22.5 Å². The van der Waals surface area contributed by atoms with Crippen molar-refractivity contribution in [2.75, 3.05) is 20.3 Å². The summed E-state index contributed by atoms with van der Waals surface area (Å²) < 4.78 is 7.01. The zero-order valence-electron chi connectivity index (χ0n) is 15.0. The molecule has 2 aromatic carbocycles. The standard InChI is InChI=1S/C20H21Cl2N3O2/c1-27-12-10-23-20(26)9-11-25-18-8-3-2-7-17(18)24-19(25)13-14-15(21)5-4-6-16(14)22/h2-8H,9-13H2,1H3,(H,23,26). The molecule has 0 spiro atoms. The summed E-state index contributed by atoms with van der Waals surface area (Å²) in [7, 11) is 1.61. The molecule has 0 aliphatic heterocycles. The van der Waals surface area contributed by atoms with Gasteiger partial charge in [-0.15, -0.1) is 0 Å². The van der Waals surface area contributed by atoms with Crippen LogP contribution in [0.1, 0.15) is 17.8 Å². The van der Waals surface area contributed by atoms with Crippen LogP contribution in [0.15, 0.2) is 42.5 Å². The topological polar surface area (TPSA) is 56.1 Å². The minimum Gasteiger partial charge on any atom is -0.383 e. The predicted octanol–water partition coefficient (Wildman–Crippen LogP) is 4.09. The van der Waals surface area contributed by atoms with Gasteiger partial charge in [0.15, 0.2) is 0 Å². The number of imidazole rings is 1. The molecule has 7 heteroatoms. The molecule has 5 nitrogen and oxygen atoms in total. The highest BCUT2D eigenvalue weighted by atomic mass is 35.5. The highest BCUT2D eigenvalue weighted by molar-refractivity contribution is 6.36. The second kappa shape index (κ2) is 9.22. The van der Waals surface area contributed by atoms with Gasteiger partial charge in [0.1, 0.15) is 5.82 Å². The Balaban J connectivity index is 1.85. The van der Waals surface area contributed by atoms with Gasteiger partial charge in [-0.05, 0) is 29.8 Å². The number of fused-ring (bicyclic) bond motifs is 1. The van der Waals surface area contributed by atoms with Crippen molar-refractivity contribution in [2.45, 2.75) is 19.4 Å². The summed E-state index contributed by atoms with van der Waals surface area (Å²) in [6, 6.07) is 13.3. The van der Waals surface area contributed by atoms with Crippen molar-refractivity contribution in [1.29, 1.82) is 0 Å². The number of rotatable bonds is 8. The van der Waals surface area contributed by atoms with Crippen molar-refractivity contribution in [2.24, 2.45) is 0 Å². The van der Waals surface area contributed by atoms with Gasteiger partial charge in [-0.1, -0.05) is 41.4 Å². The molecule has 0 unspecified atom stereocenters. The number of ether oxygens (including phenoxy) is 1. The summed E-state index contributed by atoms with van der Waals surface area (Å²) >= 11 is 12.7. The molecule has 0 saturated heterocycles. The maximum Gasteiger partial charge on any atom is 0.221 e. The molecular formula is C20H21Cl2N3O2. The summed E-state index contributed by atoms with van der Waals surface area (Å²) in [5, 5.41) is 4.06. The van der Waals surface area contributed by atoms with Crippen LogP contribution in [0.3, 0.4) is 0 Å². The van der Waals surface area contributed by atoms with E-state index in [1.165, 1.54) is 0 Å². The van der Waals surface area contributed by atoms with E-state index >= 15 is 0 Å². The Kier molecular flexibility index (Phi) is 6.72. The van der Waals surface area contributed by atoms with Crippen molar-refractivity contribution in [3.8, 4) is 0 Å². The van der Waals surface area contributed by atoms with E-state index < -0.39 is 0 Å². The third kappa shape index (κ3) is 4.80. The number of aryl methyl sites for hydroxylation is 1. The number of methoxy groups -OCH3 is 1. The number of para-hydroxylation sites is 2. The molecule has 0 atom stereocenters. The van der Waals surface area contributed by atoms with Crippen molar-refractivity contribution >= 4 is 40.1 Å². The summed E-state index contributed by atoms with van der Waals surface area (Å²) in [6.45, 7) is 1.52. The molecule has 0 bridgehead atoms. The van der Waals surface area contributed by atoms with E-state index in [1.807, 2.05) is 42.5 Å². The van der Waals surface area contributed by atoms with E-state index in [0.29, 0.717) is 42.6 Å². The fourth-order valence-corrected chi connectivity index (χ4v) is 3.49. The number of carbonyl (C=O) groups excluding carboxylic acids is 1. The van der Waals surface area contributed by atoms with Crippen LogP contribution in [-0.4, -0.2) is 35.7 Å². The molecule has 0 aliphatic carbocycles. The number of hydrogen-bond acceptors (Lipinski definition) is 3. The average Bonchev–Trinajstić information content (AvgIpc) is 3.00. The second-order valence-corrected chi connectivity index (χ2v) is 6.95. The van der Waals surface area contributed by atoms with Gasteiger partial charge >= 0.3 is 0 Å². The quantitative estimate of drug-likeness (QED) is 0.574. The number of aromatic nitrogens is 2. The minimum absolute atomic E-state index is 0.0217. The Morgan fingerprint density at radius 1 is 1.15 bits per heavy atom. The molecule has 0 radical (unpaired) electrons. The van der Waals surface area contributed by atoms with E-state index in [2.05, 4.69) is 9.88 Å². The highest BCUT2D eigenvalue weighted by Gasteiger charge is 2.15. The molecule has 1 aromatic heterocycles. The normalized spacial score (nSPS) is 11.1. The van der Waals surface area contributed by atoms with Gasteiger partial charge in [-0.3, -0.25) is 4.79 Å². The van der Waals surface area contributed by atoms with Crippen LogP contribution in [0, 0.1) is 0 Å². The fraction of sp³-hybridized carbons (Fsp3) is 0.300. The Bertz CT molecular complexity index is 920. The number of carbonyl (C=O) groups is 1. The van der Waals surface area contributed by atoms with Crippen molar-refractivity contribution in [1.82, 2.24) is 14.9 Å². The van der Waals surface area contributed by atoms with E-state index in [0.717, 1.165) is 22.4 Å². The van der Waals surface area contributed by atoms with Crippen LogP contribution < -0.4 is 5.32 Å². The van der Waals surface area contributed by atoms with E-state index in [-0.39, 0.29) is 5.91 Å². The van der Waals surface area contributed by atoms with Crippen molar-refractivity contribution in [3.63, 3.8) is 0 Å². The monoisotopic (exact) mass is 405 g/mol. The van der Waals surface area contributed by atoms with Gasteiger partial charge in [0, 0.05) is 43.1 Å². The Labute approximate surface area is 168 Å². The largest absolute Gasteiger partial charge is 0.383 e. The molecule has 27 heavy (non-hydrogen) atoms. The number of amides is 1. The van der Waals surface area contributed by atoms with Gasteiger partial charge in [0.25, 0.3) is 0 Å². The Morgan fingerprint density at radius 3 is 2.63 bits per heavy atom. The van der Waals surface area contributed by atoms with Crippen LogP contribution in [0.5, 0.6) is 0 Å². The summed E-state index contributed by atoms with van der Waals surface area (Å²) in [6.07, 6.45) is 0.853. The first-order valence-electron chi connectivity index (χ1n) is 8.73. The van der Waals surface area contributed by atoms with Crippen LogP contribution in [0.25, 0.3) is 11.0 Å². The first-order chi connectivity index (χ1) is 13.1. The molecule has 0 saturated carbocycles. The summed E-state index contributed by atoms with van der Waals surface area (Å²) in [4.78, 5) is 16.8. The van der Waals surface area contributed by atoms with Gasteiger partial charge in [0.05, 0.1) is 17.6 Å². The molecule has 1 N–H and O–H groups in total. The van der Waals surface area contributed by atoms with E-state index in [4.69, 9.17) is 32.9 Å². The lowest BCUT2D eigenvalue weighted by Gasteiger charge is -2.11. The van der Waals surface area contributed by atoms with Gasteiger partial charge < -0.3 is 14.6 Å². The summed E-state index contributed by atoms with van der Waals surface area (Å²) in [5.74, 6) is 0.808. The molecule has 0 aliphatic rings. The lowest BCUT2D eigenvalue weighted by molar-refractivity contribution is -0.121. The SMILES string of the molecule is COCCNC(=O)CCn1c(Cc2c(Cl)cccc2Cl)nc2ccccc21. The van der Waals surface area contributed by atoms with Crippen LogP contribution in [0.2, 0.25) is 10.0 Å². The summed E-state index contributed by atoms with van der Waals surface area (Å²) in [5.41, 5.74) is 2.71. The number of benzene rings is 2. The smallest absolute Gasteiger partial charge is 0.221 e. The molecule has 1 amide bonds. The zero-order chi connectivity index (χ0) is 19.2. The number of nitrogens with zero attached hydrogens (tertiary/aromatic N) is 2. The molecule has 142 valence electrons. The number of hydrogen-bond donors (Lipinski definition) is 1. The minimum atomic E-state index is -0.0217. The lowest BCUT2D eigenvalue weighted by atomic mass is 10.1. The third-order valence-corrected chi connectivity index (χ3v) is 5.03. The van der Waals surface area contributed by atoms with Gasteiger partial charge in [-0.2, -0.15) is 0 Å². The fourth-order valence-electron chi connectivity index (χ4n) is 2.96. The maximum atomic E-state index is 12.1.